The number of nitrogens with zero attached hydrogens (tertiary/aromatic N) is 1. The normalized spacial score (nSPS) is 25.8. The van der Waals surface area contributed by atoms with Crippen LogP contribution in [0.1, 0.15) is 20.3 Å². The lowest BCUT2D eigenvalue weighted by molar-refractivity contribution is 0.101. The van der Waals surface area contributed by atoms with Crippen LogP contribution in [0.4, 0.5) is 0 Å². The van der Waals surface area contributed by atoms with Gasteiger partial charge in [-0.1, -0.05) is 0 Å². The van der Waals surface area contributed by atoms with Gasteiger partial charge >= 0.3 is 0 Å². The van der Waals surface area contributed by atoms with Gasteiger partial charge in [0.1, 0.15) is 0 Å². The van der Waals surface area contributed by atoms with Crippen LogP contribution in [0.25, 0.3) is 0 Å². The lowest BCUT2D eigenvalue weighted by Gasteiger charge is -2.26. The third-order valence-corrected chi connectivity index (χ3v) is 2.66. The number of ether oxygens (including phenoxy) is 1. The summed E-state index contributed by atoms with van der Waals surface area (Å²) in [5.41, 5.74) is 0. The summed E-state index contributed by atoms with van der Waals surface area (Å²) < 4.78 is 5.36. The van der Waals surface area contributed by atoms with Gasteiger partial charge in [0.05, 0.1) is 6.61 Å². The summed E-state index contributed by atoms with van der Waals surface area (Å²) in [6, 6.07) is 0.704. The van der Waals surface area contributed by atoms with E-state index in [-0.39, 0.29) is 0 Å². The molecule has 1 unspecified atom stereocenters. The Morgan fingerprint density at radius 1 is 1.46 bits per heavy atom. The van der Waals surface area contributed by atoms with Crippen molar-refractivity contribution < 1.29 is 4.74 Å². The second kappa shape index (κ2) is 6.35. The zero-order chi connectivity index (χ0) is 9.52. The Balaban J connectivity index is 2.19. The van der Waals surface area contributed by atoms with Crippen molar-refractivity contribution in [3.8, 4) is 0 Å². The van der Waals surface area contributed by atoms with E-state index >= 15 is 0 Å². The lowest BCUT2D eigenvalue weighted by atomic mass is 10.2. The lowest BCUT2D eigenvalue weighted by Crippen LogP contribution is -2.36. The maximum atomic E-state index is 5.36. The molecule has 3 heteroatoms. The minimum atomic E-state index is 0.704. The average Bonchev–Trinajstić information content (AvgIpc) is 2.32. The molecule has 1 saturated heterocycles. The Hall–Kier alpha value is -0.120. The van der Waals surface area contributed by atoms with E-state index in [0.29, 0.717) is 6.04 Å². The molecule has 1 rings (SSSR count). The highest BCUT2D eigenvalue weighted by Gasteiger charge is 2.15. The van der Waals surface area contributed by atoms with E-state index in [0.717, 1.165) is 39.4 Å². The van der Waals surface area contributed by atoms with Crippen molar-refractivity contribution in [3.05, 3.63) is 0 Å². The molecule has 0 aromatic carbocycles. The highest BCUT2D eigenvalue weighted by molar-refractivity contribution is 4.72. The minimum Gasteiger partial charge on any atom is -0.380 e. The molecule has 0 amide bonds. The third kappa shape index (κ3) is 4.07. The first-order valence-electron chi connectivity index (χ1n) is 5.37. The van der Waals surface area contributed by atoms with Gasteiger partial charge in [0.15, 0.2) is 0 Å². The molecule has 0 saturated carbocycles. The van der Waals surface area contributed by atoms with Gasteiger partial charge in [-0.3, -0.25) is 4.90 Å². The maximum Gasteiger partial charge on any atom is 0.0593 e. The van der Waals surface area contributed by atoms with Crippen LogP contribution < -0.4 is 5.32 Å². The van der Waals surface area contributed by atoms with Gasteiger partial charge in [0.2, 0.25) is 0 Å². The van der Waals surface area contributed by atoms with E-state index < -0.39 is 0 Å². The topological polar surface area (TPSA) is 24.5 Å². The van der Waals surface area contributed by atoms with Gasteiger partial charge in [0, 0.05) is 32.3 Å². The average molecular weight is 186 g/mol. The fourth-order valence-corrected chi connectivity index (χ4v) is 1.72. The van der Waals surface area contributed by atoms with Crippen molar-refractivity contribution in [1.29, 1.82) is 0 Å². The number of hydrogen-bond acceptors (Lipinski definition) is 3. The van der Waals surface area contributed by atoms with Crippen LogP contribution in [0, 0.1) is 0 Å². The van der Waals surface area contributed by atoms with Crippen molar-refractivity contribution >= 4 is 0 Å². The summed E-state index contributed by atoms with van der Waals surface area (Å²) in [6.07, 6.45) is 1.26. The quantitative estimate of drug-likeness (QED) is 0.654. The van der Waals surface area contributed by atoms with Gasteiger partial charge in [-0.15, -0.1) is 0 Å². The van der Waals surface area contributed by atoms with E-state index in [1.807, 2.05) is 6.92 Å². The molecule has 0 aliphatic carbocycles. The molecule has 1 fully saturated rings. The van der Waals surface area contributed by atoms with Crippen LogP contribution in [0.15, 0.2) is 0 Å². The molecule has 1 atom stereocenters. The van der Waals surface area contributed by atoms with Crippen LogP contribution in [-0.4, -0.2) is 50.3 Å². The molecule has 1 aliphatic rings. The SMILES string of the molecule is CCOCCN1CCNCCC1C. The zero-order valence-corrected chi connectivity index (χ0v) is 8.88. The first-order chi connectivity index (χ1) is 6.34. The Kier molecular flexibility index (Phi) is 5.35. The van der Waals surface area contributed by atoms with Crippen LogP contribution >= 0.6 is 0 Å². The molecule has 78 valence electrons. The molecule has 13 heavy (non-hydrogen) atoms. The largest absolute Gasteiger partial charge is 0.380 e. The van der Waals surface area contributed by atoms with Gasteiger partial charge in [-0.2, -0.15) is 0 Å². The smallest absolute Gasteiger partial charge is 0.0593 e. The van der Waals surface area contributed by atoms with E-state index in [1.165, 1.54) is 6.42 Å². The van der Waals surface area contributed by atoms with Crippen LogP contribution in [0.2, 0.25) is 0 Å². The number of rotatable bonds is 4. The Labute approximate surface area is 81.4 Å². The fourth-order valence-electron chi connectivity index (χ4n) is 1.72. The Bertz CT molecular complexity index is 130. The summed E-state index contributed by atoms with van der Waals surface area (Å²) in [4.78, 5) is 2.51. The van der Waals surface area contributed by atoms with Crippen LogP contribution in [0.3, 0.4) is 0 Å². The molecule has 0 spiro atoms. The summed E-state index contributed by atoms with van der Waals surface area (Å²) in [7, 11) is 0. The van der Waals surface area contributed by atoms with Crippen molar-refractivity contribution in [3.63, 3.8) is 0 Å². The second-order valence-electron chi connectivity index (χ2n) is 3.62. The first-order valence-corrected chi connectivity index (χ1v) is 5.37. The predicted molar refractivity (Wildman–Crippen MR) is 55.0 cm³/mol. The van der Waals surface area contributed by atoms with E-state index in [2.05, 4.69) is 17.1 Å². The molecule has 1 heterocycles. The van der Waals surface area contributed by atoms with Gasteiger partial charge in [0.25, 0.3) is 0 Å². The minimum absolute atomic E-state index is 0.704. The molecule has 0 aromatic heterocycles. The monoisotopic (exact) mass is 186 g/mol. The maximum absolute atomic E-state index is 5.36. The van der Waals surface area contributed by atoms with Crippen LogP contribution in [0.5, 0.6) is 0 Å². The van der Waals surface area contributed by atoms with Crippen molar-refractivity contribution in [2.24, 2.45) is 0 Å². The first kappa shape index (κ1) is 11.0. The van der Waals surface area contributed by atoms with Gasteiger partial charge < -0.3 is 10.1 Å². The van der Waals surface area contributed by atoms with E-state index in [1.54, 1.807) is 0 Å². The summed E-state index contributed by atoms with van der Waals surface area (Å²) in [5, 5.41) is 3.42. The molecule has 0 aromatic rings. The standard InChI is InChI=1S/C10H22N2O/c1-3-13-9-8-12-7-6-11-5-4-10(12)2/h10-11H,3-9H2,1-2H3. The van der Waals surface area contributed by atoms with Crippen molar-refractivity contribution in [2.45, 2.75) is 26.3 Å². The van der Waals surface area contributed by atoms with Gasteiger partial charge in [-0.05, 0) is 26.8 Å². The Morgan fingerprint density at radius 2 is 2.31 bits per heavy atom. The molecular weight excluding hydrogens is 164 g/mol. The highest BCUT2D eigenvalue weighted by Crippen LogP contribution is 2.04. The van der Waals surface area contributed by atoms with E-state index in [9.17, 15) is 0 Å². The van der Waals surface area contributed by atoms with Gasteiger partial charge in [-0.25, -0.2) is 0 Å². The van der Waals surface area contributed by atoms with Crippen LogP contribution in [-0.2, 0) is 4.74 Å². The molecule has 0 radical (unpaired) electrons. The van der Waals surface area contributed by atoms with E-state index in [4.69, 9.17) is 4.74 Å². The highest BCUT2D eigenvalue weighted by atomic mass is 16.5. The summed E-state index contributed by atoms with van der Waals surface area (Å²) in [5.74, 6) is 0. The van der Waals surface area contributed by atoms with Crippen molar-refractivity contribution in [2.75, 3.05) is 39.4 Å². The second-order valence-corrected chi connectivity index (χ2v) is 3.62. The number of nitrogens with one attached hydrogen (secondary N) is 1. The molecule has 3 nitrogen and oxygen atoms in total. The molecule has 1 aliphatic heterocycles. The molecule has 0 bridgehead atoms. The zero-order valence-electron chi connectivity index (χ0n) is 8.88. The van der Waals surface area contributed by atoms with Crippen molar-refractivity contribution in [1.82, 2.24) is 10.2 Å². The molecule has 1 N–H and O–H groups in total. The summed E-state index contributed by atoms with van der Waals surface area (Å²) >= 11 is 0. The Morgan fingerprint density at radius 3 is 3.08 bits per heavy atom. The third-order valence-electron chi connectivity index (χ3n) is 2.66. The number of hydrogen-bond donors (Lipinski definition) is 1. The predicted octanol–water partition coefficient (Wildman–Crippen LogP) is 0.707. The summed E-state index contributed by atoms with van der Waals surface area (Å²) in [6.45, 7) is 10.6. The fraction of sp³-hybridized carbons (Fsp3) is 1.00. The molecular formula is C10H22N2O.